The largest absolute Gasteiger partial charge is 1.00 e. The van der Waals surface area contributed by atoms with E-state index in [1.807, 2.05) is 0 Å². The van der Waals surface area contributed by atoms with E-state index in [1.54, 1.807) is 19.6 Å². The zero-order valence-corrected chi connectivity index (χ0v) is 20.1. The molecule has 3 aliphatic carbocycles. The molecule has 0 heterocycles. The predicted molar refractivity (Wildman–Crippen MR) is 105 cm³/mol. The van der Waals surface area contributed by atoms with E-state index in [4.69, 9.17) is 0 Å². The number of hydrogen-bond acceptors (Lipinski definition) is 0. The van der Waals surface area contributed by atoms with Crippen LogP contribution >= 0.6 is 0 Å². The summed E-state index contributed by atoms with van der Waals surface area (Å²) in [5.41, 5.74) is 7.80. The average molecular weight is 486 g/mol. The molecule has 0 atom stereocenters. The van der Waals surface area contributed by atoms with Crippen molar-refractivity contribution in [2.24, 2.45) is 0 Å². The van der Waals surface area contributed by atoms with E-state index in [0.717, 1.165) is 6.42 Å². The molecule has 0 spiro atoms. The summed E-state index contributed by atoms with van der Waals surface area (Å²) in [4.78, 5) is 0. The molecule has 2 aromatic carbocycles. The topological polar surface area (TPSA) is 0 Å². The van der Waals surface area contributed by atoms with Crippen molar-refractivity contribution in [1.82, 2.24) is 0 Å². The summed E-state index contributed by atoms with van der Waals surface area (Å²) < 4.78 is 1.54. The summed E-state index contributed by atoms with van der Waals surface area (Å²) in [7, 11) is 0. The fourth-order valence-electron chi connectivity index (χ4n) is 5.00. The van der Waals surface area contributed by atoms with Crippen molar-refractivity contribution in [2.45, 2.75) is 45.4 Å². The van der Waals surface area contributed by atoms with Gasteiger partial charge in [0.2, 0.25) is 0 Å². The monoisotopic (exact) mass is 483 g/mol. The molecule has 0 unspecified atom stereocenters. The number of rotatable bonds is 1. The molecule has 0 aromatic heterocycles. The van der Waals surface area contributed by atoms with Gasteiger partial charge in [-0.25, -0.2) is 0 Å². The Balaban J connectivity index is 0.00000112. The van der Waals surface area contributed by atoms with Gasteiger partial charge in [0.05, 0.1) is 0 Å². The van der Waals surface area contributed by atoms with Gasteiger partial charge in [-0.1, -0.05) is 0 Å². The van der Waals surface area contributed by atoms with Gasteiger partial charge in [-0.2, -0.15) is 0 Å². The van der Waals surface area contributed by atoms with Gasteiger partial charge >= 0.3 is 171 Å². The summed E-state index contributed by atoms with van der Waals surface area (Å²) in [6.07, 6.45) is 14.7. The second kappa shape index (κ2) is 8.87. The minimum atomic E-state index is 0. The molecular weight excluding hydrogens is 462 g/mol. The molecule has 0 saturated heterocycles. The van der Waals surface area contributed by atoms with Gasteiger partial charge in [0.15, 0.2) is 0 Å². The number of halogens is 2. The molecule has 0 bridgehead atoms. The van der Waals surface area contributed by atoms with Crippen molar-refractivity contribution >= 4 is 14.4 Å². The van der Waals surface area contributed by atoms with Crippen LogP contribution in [0.5, 0.6) is 0 Å². The van der Waals surface area contributed by atoms with Crippen LogP contribution in [-0.2, 0) is 24.7 Å². The number of fused-ring (bicyclic) bond motifs is 2. The van der Waals surface area contributed by atoms with Gasteiger partial charge in [-0.3, -0.25) is 0 Å². The van der Waals surface area contributed by atoms with Crippen LogP contribution in [0.15, 0.2) is 48.6 Å². The van der Waals surface area contributed by atoms with Gasteiger partial charge in [-0.05, 0) is 0 Å². The molecule has 3 aliphatic rings. The second-order valence-corrected chi connectivity index (χ2v) is 9.00. The van der Waals surface area contributed by atoms with E-state index < -0.39 is 0 Å². The smallest absolute Gasteiger partial charge is 1.00 e. The Hall–Kier alpha value is -0.877. The molecular formula is C25H23Cl2Zr. The van der Waals surface area contributed by atoms with Gasteiger partial charge in [-0.15, -0.1) is 0 Å². The van der Waals surface area contributed by atoms with Crippen molar-refractivity contribution in [3.05, 3.63) is 86.1 Å². The van der Waals surface area contributed by atoms with Crippen molar-refractivity contribution in [2.75, 3.05) is 0 Å². The minimum absolute atomic E-state index is 0. The Morgan fingerprint density at radius 3 is 2.25 bits per heavy atom. The minimum Gasteiger partial charge on any atom is -1.00 e. The van der Waals surface area contributed by atoms with E-state index in [2.05, 4.69) is 55.5 Å². The van der Waals surface area contributed by atoms with Gasteiger partial charge in [0, 0.05) is 0 Å². The summed E-state index contributed by atoms with van der Waals surface area (Å²) in [5, 5.41) is 5.95. The fraction of sp³-hybridized carbons (Fsp3) is 0.280. The number of allylic oxidation sites excluding steroid dienone is 4. The van der Waals surface area contributed by atoms with Gasteiger partial charge in [0.1, 0.15) is 0 Å². The molecule has 0 N–H and O–H groups in total. The van der Waals surface area contributed by atoms with E-state index in [1.165, 1.54) is 89.2 Å². The Morgan fingerprint density at radius 1 is 0.857 bits per heavy atom. The molecule has 0 aliphatic heterocycles. The molecule has 0 amide bonds. The third-order valence-electron chi connectivity index (χ3n) is 6.16. The van der Waals surface area contributed by atoms with Gasteiger partial charge in [0.25, 0.3) is 0 Å². The molecule has 3 heteroatoms. The van der Waals surface area contributed by atoms with Gasteiger partial charge < -0.3 is 24.8 Å². The van der Waals surface area contributed by atoms with Crippen molar-refractivity contribution in [3.8, 4) is 0 Å². The quantitative estimate of drug-likeness (QED) is 0.475. The van der Waals surface area contributed by atoms with Crippen LogP contribution in [0.25, 0.3) is 14.4 Å². The summed E-state index contributed by atoms with van der Waals surface area (Å²) in [6.45, 7) is 2.34. The zero-order chi connectivity index (χ0) is 17.7. The Morgan fingerprint density at radius 2 is 1.57 bits per heavy atom. The standard InChI is InChI=1S/C25H23.2ClH.Zr/c1-17-15-22-21-14-8-7-13-20(21)16-23(22)25(19-11-5-6-12-19)24(17)18-9-3-2-4-10-18;;;/h5-8,11,13-15H,2-4,9-10,12H2,1H3;2*1H;/q;;;+2/p-2. The van der Waals surface area contributed by atoms with Crippen LogP contribution in [0, 0.1) is 17.4 Å². The maximum atomic E-state index is 2.48. The van der Waals surface area contributed by atoms with E-state index in [9.17, 15) is 0 Å². The molecule has 0 nitrogen and oxygen atoms in total. The molecule has 1 saturated carbocycles. The number of benzene rings is 2. The van der Waals surface area contributed by atoms with E-state index in [0.29, 0.717) is 0 Å². The predicted octanol–water partition coefficient (Wildman–Crippen LogP) is -1.24. The third kappa shape index (κ3) is 3.45. The zero-order valence-electron chi connectivity index (χ0n) is 16.1. The maximum Gasteiger partial charge on any atom is -1.00 e. The van der Waals surface area contributed by atoms with Crippen molar-refractivity contribution < 1.29 is 49.5 Å². The molecule has 141 valence electrons. The molecule has 0 radical (unpaired) electrons. The Labute approximate surface area is 194 Å². The number of hydrogen-bond donors (Lipinski definition) is 0. The second-order valence-electron chi connectivity index (χ2n) is 7.78. The fourth-order valence-corrected chi connectivity index (χ4v) is 6.17. The molecule has 5 rings (SSSR count). The van der Waals surface area contributed by atoms with E-state index >= 15 is 0 Å². The maximum absolute atomic E-state index is 2.48. The van der Waals surface area contributed by atoms with Crippen LogP contribution in [0.4, 0.5) is 0 Å². The Bertz CT molecular complexity index is 1190. The van der Waals surface area contributed by atoms with Crippen LogP contribution < -0.4 is 35.3 Å². The molecule has 2 aromatic rings. The molecule has 1 fully saturated rings. The van der Waals surface area contributed by atoms with Crippen molar-refractivity contribution in [3.63, 3.8) is 0 Å². The normalized spacial score (nSPS) is 16.9. The van der Waals surface area contributed by atoms with Crippen LogP contribution in [0.3, 0.4) is 0 Å². The van der Waals surface area contributed by atoms with Crippen LogP contribution in [-0.4, -0.2) is 0 Å². The summed E-state index contributed by atoms with van der Waals surface area (Å²) in [5.74, 6) is 0. The van der Waals surface area contributed by atoms with Crippen LogP contribution in [0.2, 0.25) is 0 Å². The third-order valence-corrected chi connectivity index (χ3v) is 7.44. The first-order valence-electron chi connectivity index (χ1n) is 9.83. The van der Waals surface area contributed by atoms with Crippen LogP contribution in [0.1, 0.15) is 55.2 Å². The average Bonchev–Trinajstić information content (AvgIpc) is 3.30. The summed E-state index contributed by atoms with van der Waals surface area (Å²) in [6, 6.07) is 11.5. The first kappa shape index (κ1) is 21.8. The number of aryl methyl sites for hydroxylation is 1. The molecule has 28 heavy (non-hydrogen) atoms. The first-order chi connectivity index (χ1) is 12.8. The Kier molecular flexibility index (Phi) is 6.91. The first-order valence-corrected chi connectivity index (χ1v) is 11.1. The SMILES string of the molecule is Cc1cc2c(c(C3=CC=CC3)c1=C1CCCCC1)[C]([Zr+2])=c1ccccc1=2.[Cl-].[Cl-]. The van der Waals surface area contributed by atoms with E-state index in [-0.39, 0.29) is 24.8 Å². The van der Waals surface area contributed by atoms with Crippen molar-refractivity contribution in [1.29, 1.82) is 0 Å². The summed E-state index contributed by atoms with van der Waals surface area (Å²) >= 11 is 1.53.